The Kier molecular flexibility index (Phi) is 5.01. The van der Waals surface area contributed by atoms with Gasteiger partial charge in [-0.05, 0) is 19.0 Å². The Morgan fingerprint density at radius 3 is 2.67 bits per heavy atom. The quantitative estimate of drug-likeness (QED) is 0.687. The van der Waals surface area contributed by atoms with Gasteiger partial charge >= 0.3 is 0 Å². The predicted molar refractivity (Wildman–Crippen MR) is 59.5 cm³/mol. The number of nitrogens with one attached hydrogen (secondary N) is 1. The van der Waals surface area contributed by atoms with Gasteiger partial charge < -0.3 is 5.11 Å². The molecule has 2 N–H and O–H groups in total. The number of rotatable bonds is 6. The molecule has 0 fully saturated rings. The molecule has 0 aliphatic heterocycles. The molecule has 0 aliphatic carbocycles. The third-order valence-corrected chi connectivity index (χ3v) is 2.29. The van der Waals surface area contributed by atoms with Crippen LogP contribution in [0.25, 0.3) is 0 Å². The van der Waals surface area contributed by atoms with Gasteiger partial charge in [-0.2, -0.15) is 0 Å². The first-order valence-corrected chi connectivity index (χ1v) is 5.13. The number of hydrogen-bond donors (Lipinski definition) is 2. The van der Waals surface area contributed by atoms with Crippen LogP contribution >= 0.6 is 0 Å². The van der Waals surface area contributed by atoms with Gasteiger partial charge in [-0.1, -0.05) is 30.3 Å². The lowest BCUT2D eigenvalue weighted by atomic mass is 10.1. The number of carbonyl (C=O) groups excluding carboxylic acids is 1. The number of aryl methyl sites for hydroxylation is 1. The molecule has 0 aromatic heterocycles. The minimum absolute atomic E-state index is 0.0840. The Bertz CT molecular complexity index is 298. The lowest BCUT2D eigenvalue weighted by molar-refractivity contribution is -0.121. The summed E-state index contributed by atoms with van der Waals surface area (Å²) in [5.41, 5.74) is 1.16. The van der Waals surface area contributed by atoms with E-state index in [9.17, 15) is 9.90 Å². The first-order valence-electron chi connectivity index (χ1n) is 5.13. The highest BCUT2D eigenvalue weighted by Crippen LogP contribution is 2.04. The third-order valence-electron chi connectivity index (χ3n) is 2.29. The van der Waals surface area contributed by atoms with Gasteiger partial charge in [0.25, 0.3) is 0 Å². The Balaban J connectivity index is 2.29. The summed E-state index contributed by atoms with van der Waals surface area (Å²) in [5, 5.41) is 11.8. The molecule has 1 unspecified atom stereocenters. The Labute approximate surface area is 90.1 Å². The molecule has 1 aromatic rings. The second-order valence-corrected chi connectivity index (χ2v) is 3.53. The smallest absolute Gasteiger partial charge is 0.137 e. The molecule has 3 heteroatoms. The van der Waals surface area contributed by atoms with Crippen molar-refractivity contribution in [2.75, 3.05) is 7.05 Å². The van der Waals surface area contributed by atoms with E-state index in [4.69, 9.17) is 0 Å². The van der Waals surface area contributed by atoms with E-state index in [-0.39, 0.29) is 12.2 Å². The fourth-order valence-corrected chi connectivity index (χ4v) is 1.35. The molecule has 0 bridgehead atoms. The van der Waals surface area contributed by atoms with Crippen molar-refractivity contribution in [2.24, 2.45) is 0 Å². The van der Waals surface area contributed by atoms with E-state index >= 15 is 0 Å². The minimum atomic E-state index is -0.715. The number of aliphatic hydroxyl groups is 1. The van der Waals surface area contributed by atoms with Crippen LogP contribution in [0.2, 0.25) is 0 Å². The number of ketones is 1. The average molecular weight is 207 g/mol. The van der Waals surface area contributed by atoms with Crippen molar-refractivity contribution in [3.63, 3.8) is 0 Å². The number of aliphatic hydroxyl groups excluding tert-OH is 1. The summed E-state index contributed by atoms with van der Waals surface area (Å²) in [5.74, 6) is 0.0840. The molecule has 82 valence electrons. The van der Waals surface area contributed by atoms with Gasteiger partial charge in [0.05, 0.1) is 0 Å². The fourth-order valence-electron chi connectivity index (χ4n) is 1.35. The zero-order chi connectivity index (χ0) is 11.1. The highest BCUT2D eigenvalue weighted by Gasteiger charge is 2.08. The predicted octanol–water partition coefficient (Wildman–Crippen LogP) is 1.12. The molecule has 0 amide bonds. The van der Waals surface area contributed by atoms with Crippen LogP contribution in [0.3, 0.4) is 0 Å². The second-order valence-electron chi connectivity index (χ2n) is 3.53. The van der Waals surface area contributed by atoms with E-state index in [1.807, 2.05) is 30.3 Å². The van der Waals surface area contributed by atoms with Gasteiger partial charge in [0, 0.05) is 12.8 Å². The first kappa shape index (κ1) is 11.9. The van der Waals surface area contributed by atoms with E-state index in [1.54, 1.807) is 7.05 Å². The zero-order valence-corrected chi connectivity index (χ0v) is 8.94. The van der Waals surface area contributed by atoms with Gasteiger partial charge in [-0.15, -0.1) is 0 Å². The van der Waals surface area contributed by atoms with E-state index < -0.39 is 6.23 Å². The van der Waals surface area contributed by atoms with Gasteiger partial charge in [0.15, 0.2) is 0 Å². The summed E-state index contributed by atoms with van der Waals surface area (Å²) in [6.07, 6.45) is 0.704. The molecule has 1 aromatic carbocycles. The Morgan fingerprint density at radius 2 is 2.07 bits per heavy atom. The van der Waals surface area contributed by atoms with Crippen molar-refractivity contribution in [1.29, 1.82) is 0 Å². The van der Waals surface area contributed by atoms with E-state index in [2.05, 4.69) is 5.32 Å². The molecule has 1 atom stereocenters. The molecule has 15 heavy (non-hydrogen) atoms. The molecule has 0 heterocycles. The average Bonchev–Trinajstić information content (AvgIpc) is 2.27. The highest BCUT2D eigenvalue weighted by atomic mass is 16.3. The SMILES string of the molecule is CNC(O)CC(=O)CCc1ccccc1. The summed E-state index contributed by atoms with van der Waals surface area (Å²) in [4.78, 5) is 11.4. The van der Waals surface area contributed by atoms with Crippen LogP contribution in [0.15, 0.2) is 30.3 Å². The molecule has 3 nitrogen and oxygen atoms in total. The van der Waals surface area contributed by atoms with Crippen molar-refractivity contribution >= 4 is 5.78 Å². The third kappa shape index (κ3) is 4.72. The van der Waals surface area contributed by atoms with Crippen LogP contribution in [0.1, 0.15) is 18.4 Å². The summed E-state index contributed by atoms with van der Waals surface area (Å²) >= 11 is 0. The maximum atomic E-state index is 11.4. The van der Waals surface area contributed by atoms with E-state index in [0.29, 0.717) is 6.42 Å². The molecule has 1 rings (SSSR count). The Morgan fingerprint density at radius 1 is 1.40 bits per heavy atom. The zero-order valence-electron chi connectivity index (χ0n) is 8.94. The van der Waals surface area contributed by atoms with Crippen LogP contribution in [-0.4, -0.2) is 24.2 Å². The van der Waals surface area contributed by atoms with Crippen molar-refractivity contribution < 1.29 is 9.90 Å². The maximum absolute atomic E-state index is 11.4. The first-order chi connectivity index (χ1) is 7.22. The van der Waals surface area contributed by atoms with E-state index in [0.717, 1.165) is 12.0 Å². The van der Waals surface area contributed by atoms with Crippen LogP contribution in [0, 0.1) is 0 Å². The monoisotopic (exact) mass is 207 g/mol. The molecule has 0 saturated heterocycles. The number of hydrogen-bond acceptors (Lipinski definition) is 3. The topological polar surface area (TPSA) is 49.3 Å². The van der Waals surface area contributed by atoms with Crippen LogP contribution in [0.4, 0.5) is 0 Å². The minimum Gasteiger partial charge on any atom is -0.378 e. The van der Waals surface area contributed by atoms with Crippen molar-refractivity contribution in [2.45, 2.75) is 25.5 Å². The highest BCUT2D eigenvalue weighted by molar-refractivity contribution is 5.79. The van der Waals surface area contributed by atoms with Crippen molar-refractivity contribution in [1.82, 2.24) is 5.32 Å². The number of benzene rings is 1. The molecule has 0 spiro atoms. The maximum Gasteiger partial charge on any atom is 0.137 e. The normalized spacial score (nSPS) is 12.4. The summed E-state index contributed by atoms with van der Waals surface area (Å²) in [6, 6.07) is 9.88. The summed E-state index contributed by atoms with van der Waals surface area (Å²) in [7, 11) is 1.63. The van der Waals surface area contributed by atoms with Crippen molar-refractivity contribution in [3.8, 4) is 0 Å². The van der Waals surface area contributed by atoms with Crippen molar-refractivity contribution in [3.05, 3.63) is 35.9 Å². The van der Waals surface area contributed by atoms with Crippen LogP contribution < -0.4 is 5.32 Å². The van der Waals surface area contributed by atoms with E-state index in [1.165, 1.54) is 0 Å². The molecular formula is C12H17NO2. The van der Waals surface area contributed by atoms with Gasteiger partial charge in [-0.3, -0.25) is 10.1 Å². The standard InChI is InChI=1S/C12H17NO2/c1-13-12(15)9-11(14)8-7-10-5-3-2-4-6-10/h2-6,12-13,15H,7-9H2,1H3. The van der Waals surface area contributed by atoms with Gasteiger partial charge in [0.1, 0.15) is 12.0 Å². The van der Waals surface area contributed by atoms with Gasteiger partial charge in [-0.25, -0.2) is 0 Å². The summed E-state index contributed by atoms with van der Waals surface area (Å²) in [6.45, 7) is 0. The lowest BCUT2D eigenvalue weighted by Gasteiger charge is -2.07. The molecule has 0 saturated carbocycles. The largest absolute Gasteiger partial charge is 0.378 e. The Hall–Kier alpha value is -1.19. The fraction of sp³-hybridized carbons (Fsp3) is 0.417. The second kappa shape index (κ2) is 6.32. The summed E-state index contributed by atoms with van der Waals surface area (Å²) < 4.78 is 0. The van der Waals surface area contributed by atoms with Crippen LogP contribution in [0.5, 0.6) is 0 Å². The molecule has 0 radical (unpaired) electrons. The number of carbonyl (C=O) groups is 1. The van der Waals surface area contributed by atoms with Crippen LogP contribution in [-0.2, 0) is 11.2 Å². The molecular weight excluding hydrogens is 190 g/mol. The lowest BCUT2D eigenvalue weighted by Crippen LogP contribution is -2.27. The molecule has 0 aliphatic rings. The number of Topliss-reactive ketones (excluding diaryl/α,β-unsaturated/α-hetero) is 1. The van der Waals surface area contributed by atoms with Gasteiger partial charge in [0.2, 0.25) is 0 Å².